The number of hydrogen-bond acceptors (Lipinski definition) is 9. The molecule has 0 radical (unpaired) electrons. The molecular formula is C39H75O10P. The SMILES string of the molecule is CCCC/C=C/CCCCCCCCCCCC(=O)O[C@H](COC(=O)CCCCCCCCCCCCCC)COP(=O)(O)OC[C@@H](O)CO. The van der Waals surface area contributed by atoms with Gasteiger partial charge >= 0.3 is 19.8 Å². The van der Waals surface area contributed by atoms with Crippen LogP contribution in [0.1, 0.15) is 187 Å². The smallest absolute Gasteiger partial charge is 0.462 e. The van der Waals surface area contributed by atoms with Gasteiger partial charge in [-0.1, -0.05) is 154 Å². The van der Waals surface area contributed by atoms with Gasteiger partial charge in [0.25, 0.3) is 0 Å². The molecule has 0 saturated heterocycles. The van der Waals surface area contributed by atoms with Crippen molar-refractivity contribution in [3.63, 3.8) is 0 Å². The summed E-state index contributed by atoms with van der Waals surface area (Å²) in [5.41, 5.74) is 0. The third-order valence-corrected chi connectivity index (χ3v) is 9.62. The van der Waals surface area contributed by atoms with E-state index in [4.69, 9.17) is 19.1 Å². The molecule has 11 heteroatoms. The van der Waals surface area contributed by atoms with Crippen molar-refractivity contribution in [2.45, 2.75) is 199 Å². The van der Waals surface area contributed by atoms with Gasteiger partial charge in [-0.15, -0.1) is 0 Å². The van der Waals surface area contributed by atoms with Gasteiger partial charge in [-0.2, -0.15) is 0 Å². The number of unbranched alkanes of at least 4 members (excludes halogenated alkanes) is 22. The van der Waals surface area contributed by atoms with E-state index in [1.165, 1.54) is 109 Å². The van der Waals surface area contributed by atoms with Gasteiger partial charge in [0.2, 0.25) is 0 Å². The average molecular weight is 735 g/mol. The Balaban J connectivity index is 4.32. The molecule has 0 saturated carbocycles. The zero-order chi connectivity index (χ0) is 37.0. The molecule has 0 bridgehead atoms. The lowest BCUT2D eigenvalue weighted by Gasteiger charge is -2.20. The van der Waals surface area contributed by atoms with Crippen LogP contribution in [-0.4, -0.2) is 65.7 Å². The molecule has 0 rings (SSSR count). The van der Waals surface area contributed by atoms with Crippen LogP contribution >= 0.6 is 7.82 Å². The fourth-order valence-corrected chi connectivity index (χ4v) is 6.29. The second-order valence-corrected chi connectivity index (χ2v) is 15.1. The molecule has 50 heavy (non-hydrogen) atoms. The van der Waals surface area contributed by atoms with Gasteiger partial charge in [0.15, 0.2) is 6.10 Å². The van der Waals surface area contributed by atoms with Crippen LogP contribution in [0.2, 0.25) is 0 Å². The third-order valence-electron chi connectivity index (χ3n) is 8.67. The van der Waals surface area contributed by atoms with Gasteiger partial charge in [0.1, 0.15) is 12.7 Å². The summed E-state index contributed by atoms with van der Waals surface area (Å²) in [6, 6.07) is 0. The molecule has 0 spiro atoms. The van der Waals surface area contributed by atoms with E-state index in [0.29, 0.717) is 12.8 Å². The van der Waals surface area contributed by atoms with Crippen molar-refractivity contribution in [2.24, 2.45) is 0 Å². The lowest BCUT2D eigenvalue weighted by Crippen LogP contribution is -2.29. The highest BCUT2D eigenvalue weighted by Crippen LogP contribution is 2.43. The van der Waals surface area contributed by atoms with Gasteiger partial charge in [-0.3, -0.25) is 18.6 Å². The number of rotatable bonds is 38. The molecule has 10 nitrogen and oxygen atoms in total. The molecule has 1 unspecified atom stereocenters. The van der Waals surface area contributed by atoms with Crippen LogP contribution in [0.5, 0.6) is 0 Å². The Morgan fingerprint density at radius 1 is 0.580 bits per heavy atom. The average Bonchev–Trinajstić information content (AvgIpc) is 3.10. The molecule has 0 aromatic heterocycles. The number of phosphoric ester groups is 1. The van der Waals surface area contributed by atoms with E-state index in [1.807, 2.05) is 0 Å². The largest absolute Gasteiger partial charge is 0.472 e. The van der Waals surface area contributed by atoms with Gasteiger partial charge in [0.05, 0.1) is 19.8 Å². The zero-order valence-electron chi connectivity index (χ0n) is 31.9. The number of esters is 2. The number of carbonyl (C=O) groups is 2. The van der Waals surface area contributed by atoms with Gasteiger partial charge in [-0.25, -0.2) is 4.57 Å². The molecule has 0 aliphatic rings. The van der Waals surface area contributed by atoms with Crippen LogP contribution in [0, 0.1) is 0 Å². The first-order chi connectivity index (χ1) is 24.2. The van der Waals surface area contributed by atoms with Gasteiger partial charge < -0.3 is 24.6 Å². The zero-order valence-corrected chi connectivity index (χ0v) is 32.8. The first kappa shape index (κ1) is 48.7. The van der Waals surface area contributed by atoms with Crippen LogP contribution < -0.4 is 0 Å². The third kappa shape index (κ3) is 35.1. The van der Waals surface area contributed by atoms with Crippen molar-refractivity contribution in [1.82, 2.24) is 0 Å². The number of hydrogen-bond donors (Lipinski definition) is 3. The lowest BCUT2D eigenvalue weighted by molar-refractivity contribution is -0.161. The van der Waals surface area contributed by atoms with E-state index < -0.39 is 51.8 Å². The normalized spacial score (nSPS) is 14.1. The Kier molecular flexibility index (Phi) is 35.2. The van der Waals surface area contributed by atoms with Crippen molar-refractivity contribution in [1.29, 1.82) is 0 Å². The molecule has 0 amide bonds. The van der Waals surface area contributed by atoms with E-state index in [0.717, 1.165) is 38.5 Å². The molecule has 0 aliphatic carbocycles. The molecule has 0 fully saturated rings. The van der Waals surface area contributed by atoms with Crippen molar-refractivity contribution in [3.05, 3.63) is 12.2 Å². The van der Waals surface area contributed by atoms with Gasteiger partial charge in [-0.05, 0) is 32.1 Å². The Hall–Kier alpha value is -1.29. The number of aliphatic hydroxyl groups excluding tert-OH is 2. The summed E-state index contributed by atoms with van der Waals surface area (Å²) in [4.78, 5) is 34.8. The standard InChI is InChI=1S/C39H75O10P/c1-3-5-7-9-11-13-15-17-18-19-21-23-25-27-29-31-39(43)49-37(35-48-50(44,45)47-33-36(41)32-40)34-46-38(42)30-28-26-24-22-20-16-14-12-10-8-6-4-2/h9,11,36-37,40-41H,3-8,10,12-35H2,1-2H3,(H,44,45)/b11-9+/t36-,37+/m0/s1. The summed E-state index contributed by atoms with van der Waals surface area (Å²) in [5, 5.41) is 18.3. The molecular weight excluding hydrogens is 659 g/mol. The Labute approximate surface area is 305 Å². The van der Waals surface area contributed by atoms with Crippen molar-refractivity contribution in [3.8, 4) is 0 Å². The minimum Gasteiger partial charge on any atom is -0.462 e. The summed E-state index contributed by atoms with van der Waals surface area (Å²) in [6.07, 6.45) is 31.7. The highest BCUT2D eigenvalue weighted by atomic mass is 31.2. The Morgan fingerprint density at radius 2 is 1.00 bits per heavy atom. The van der Waals surface area contributed by atoms with E-state index in [2.05, 4.69) is 30.5 Å². The number of carbonyl (C=O) groups excluding carboxylic acids is 2. The first-order valence-electron chi connectivity index (χ1n) is 20.1. The second kappa shape index (κ2) is 36.1. The highest BCUT2D eigenvalue weighted by Gasteiger charge is 2.27. The fraction of sp³-hybridized carbons (Fsp3) is 0.897. The Morgan fingerprint density at radius 3 is 1.50 bits per heavy atom. The maximum absolute atomic E-state index is 12.6. The number of allylic oxidation sites excluding steroid dienone is 2. The molecule has 0 aliphatic heterocycles. The topological polar surface area (TPSA) is 149 Å². The number of ether oxygens (including phenoxy) is 2. The van der Waals surface area contributed by atoms with Crippen molar-refractivity contribution in [2.75, 3.05) is 26.4 Å². The minimum atomic E-state index is -4.61. The summed E-state index contributed by atoms with van der Waals surface area (Å²) >= 11 is 0. The van der Waals surface area contributed by atoms with E-state index in [-0.39, 0.29) is 19.4 Å². The van der Waals surface area contributed by atoms with Crippen LogP contribution in [0.4, 0.5) is 0 Å². The maximum atomic E-state index is 12.6. The summed E-state index contributed by atoms with van der Waals surface area (Å²) < 4.78 is 32.6. The van der Waals surface area contributed by atoms with Crippen molar-refractivity contribution < 1.29 is 47.8 Å². The molecule has 296 valence electrons. The monoisotopic (exact) mass is 735 g/mol. The van der Waals surface area contributed by atoms with E-state index >= 15 is 0 Å². The van der Waals surface area contributed by atoms with Crippen LogP contribution in [0.25, 0.3) is 0 Å². The second-order valence-electron chi connectivity index (χ2n) is 13.7. The van der Waals surface area contributed by atoms with Crippen molar-refractivity contribution >= 4 is 19.8 Å². The number of phosphoric acid groups is 1. The van der Waals surface area contributed by atoms with Gasteiger partial charge in [0, 0.05) is 12.8 Å². The molecule has 3 atom stereocenters. The van der Waals surface area contributed by atoms with Crippen LogP contribution in [-0.2, 0) is 32.7 Å². The van der Waals surface area contributed by atoms with E-state index in [1.54, 1.807) is 0 Å². The summed E-state index contributed by atoms with van der Waals surface area (Å²) in [7, 11) is -4.61. The van der Waals surface area contributed by atoms with E-state index in [9.17, 15) is 24.2 Å². The molecule has 0 aromatic carbocycles. The fourth-order valence-electron chi connectivity index (χ4n) is 5.50. The minimum absolute atomic E-state index is 0.186. The predicted molar refractivity (Wildman–Crippen MR) is 201 cm³/mol. The maximum Gasteiger partial charge on any atom is 0.472 e. The lowest BCUT2D eigenvalue weighted by atomic mass is 10.0. The quantitative estimate of drug-likeness (QED) is 0.0242. The predicted octanol–water partition coefficient (Wildman–Crippen LogP) is 10.1. The molecule has 0 aromatic rings. The van der Waals surface area contributed by atoms with Crippen LogP contribution in [0.15, 0.2) is 12.2 Å². The Bertz CT molecular complexity index is 853. The molecule has 0 heterocycles. The summed E-state index contributed by atoms with van der Waals surface area (Å²) in [6.45, 7) is 2.35. The first-order valence-corrected chi connectivity index (χ1v) is 21.6. The highest BCUT2D eigenvalue weighted by molar-refractivity contribution is 7.47. The van der Waals surface area contributed by atoms with Crippen LogP contribution in [0.3, 0.4) is 0 Å². The number of aliphatic hydroxyl groups is 2. The molecule has 3 N–H and O–H groups in total. The summed E-state index contributed by atoms with van der Waals surface area (Å²) in [5.74, 6) is -0.921.